The summed E-state index contributed by atoms with van der Waals surface area (Å²) >= 11 is 1.31. The number of nitrogens with zero attached hydrogens (tertiary/aromatic N) is 4. The maximum atomic E-state index is 12.1. The molecule has 1 aliphatic heterocycles. The number of hydrogen-bond donors (Lipinski definition) is 1. The van der Waals surface area contributed by atoms with Gasteiger partial charge in [0.05, 0.1) is 17.9 Å². The third kappa shape index (κ3) is 4.71. The number of aryl methyl sites for hydroxylation is 2. The zero-order valence-corrected chi connectivity index (χ0v) is 17.1. The molecule has 7 nitrogen and oxygen atoms in total. The number of carbonyl (C=O) groups is 1. The molecule has 1 aromatic carbocycles. The Kier molecular flexibility index (Phi) is 5.71. The van der Waals surface area contributed by atoms with Crippen molar-refractivity contribution in [1.29, 1.82) is 0 Å². The quantitative estimate of drug-likeness (QED) is 0.496. The van der Waals surface area contributed by atoms with E-state index in [0.29, 0.717) is 17.5 Å². The van der Waals surface area contributed by atoms with E-state index in [1.165, 1.54) is 11.8 Å². The predicted molar refractivity (Wildman–Crippen MR) is 111 cm³/mol. The smallest absolute Gasteiger partial charge is 0.230 e. The number of thioether (sulfide) groups is 1. The van der Waals surface area contributed by atoms with Crippen molar-refractivity contribution in [3.05, 3.63) is 59.7 Å². The Labute approximate surface area is 173 Å². The minimum absolute atomic E-state index is 0.0696. The van der Waals surface area contributed by atoms with Gasteiger partial charge in [-0.25, -0.2) is 19.9 Å². The van der Waals surface area contributed by atoms with Gasteiger partial charge in [0.25, 0.3) is 0 Å². The highest BCUT2D eigenvalue weighted by atomic mass is 32.2. The first-order chi connectivity index (χ1) is 14.1. The van der Waals surface area contributed by atoms with Crippen molar-refractivity contribution in [1.82, 2.24) is 25.3 Å². The van der Waals surface area contributed by atoms with Gasteiger partial charge in [0.2, 0.25) is 5.91 Å². The van der Waals surface area contributed by atoms with Gasteiger partial charge in [0.15, 0.2) is 11.0 Å². The summed E-state index contributed by atoms with van der Waals surface area (Å²) in [6.07, 6.45) is 3.95. The van der Waals surface area contributed by atoms with Crippen LogP contribution in [0, 0.1) is 13.8 Å². The summed E-state index contributed by atoms with van der Waals surface area (Å²) in [6.45, 7) is 4.36. The lowest BCUT2D eigenvalue weighted by Crippen LogP contribution is -2.35. The number of amides is 1. The summed E-state index contributed by atoms with van der Waals surface area (Å²) in [4.78, 5) is 29.5. The largest absolute Gasteiger partial charge is 0.487 e. The molecule has 4 rings (SSSR count). The molecule has 0 aliphatic carbocycles. The molecule has 0 radical (unpaired) electrons. The van der Waals surface area contributed by atoms with Gasteiger partial charge in [-0.2, -0.15) is 0 Å². The number of rotatable bonds is 6. The zero-order chi connectivity index (χ0) is 20.2. The van der Waals surface area contributed by atoms with E-state index in [0.717, 1.165) is 34.7 Å². The normalized spacial score (nSPS) is 14.9. The van der Waals surface area contributed by atoms with Crippen LogP contribution in [-0.2, 0) is 11.2 Å². The summed E-state index contributed by atoms with van der Waals surface area (Å²) in [5, 5.41) is 3.52. The van der Waals surface area contributed by atoms with E-state index in [1.54, 1.807) is 18.5 Å². The molecule has 1 amide bonds. The molecule has 0 saturated carbocycles. The Bertz CT molecular complexity index is 1010. The van der Waals surface area contributed by atoms with Crippen LogP contribution in [0.5, 0.6) is 5.75 Å². The summed E-state index contributed by atoms with van der Waals surface area (Å²) in [5.74, 6) is 1.68. The molecule has 0 spiro atoms. The fraction of sp³-hybridized carbons (Fsp3) is 0.286. The second-order valence-electron chi connectivity index (χ2n) is 6.84. The first-order valence-corrected chi connectivity index (χ1v) is 10.3. The monoisotopic (exact) mass is 407 g/mol. The van der Waals surface area contributed by atoms with E-state index in [4.69, 9.17) is 4.74 Å². The number of fused-ring (bicyclic) bond motifs is 1. The lowest BCUT2D eigenvalue weighted by atomic mass is 10.1. The van der Waals surface area contributed by atoms with E-state index < -0.39 is 0 Å². The van der Waals surface area contributed by atoms with Gasteiger partial charge >= 0.3 is 0 Å². The summed E-state index contributed by atoms with van der Waals surface area (Å²) in [6, 6.07) is 9.72. The van der Waals surface area contributed by atoms with Crippen LogP contribution in [0.2, 0.25) is 0 Å². The Morgan fingerprint density at radius 2 is 1.93 bits per heavy atom. The highest BCUT2D eigenvalue weighted by Gasteiger charge is 2.27. The van der Waals surface area contributed by atoms with Crippen molar-refractivity contribution in [3.8, 4) is 17.1 Å². The maximum Gasteiger partial charge on any atom is 0.230 e. The summed E-state index contributed by atoms with van der Waals surface area (Å²) < 4.78 is 6.16. The molecule has 0 bridgehead atoms. The molecule has 1 N–H and O–H groups in total. The standard InChI is InChI=1S/C21H21N5O2S/c1-13-9-14(2)26-20(25-13)17-6-3-5-15-10-16(28-19(15)17)11-24-18(27)12-29-21-22-7-4-8-23-21/h3-9,16H,10-12H2,1-2H3,(H,24,27)/t16-/m1/s1. The second-order valence-corrected chi connectivity index (χ2v) is 7.78. The first-order valence-electron chi connectivity index (χ1n) is 9.36. The average molecular weight is 407 g/mol. The predicted octanol–water partition coefficient (Wildman–Crippen LogP) is 2.76. The van der Waals surface area contributed by atoms with Gasteiger partial charge in [-0.05, 0) is 37.6 Å². The molecule has 3 aromatic rings. The average Bonchev–Trinajstić information content (AvgIpc) is 3.14. The minimum atomic E-state index is -0.112. The van der Waals surface area contributed by atoms with Gasteiger partial charge in [0, 0.05) is 30.2 Å². The minimum Gasteiger partial charge on any atom is -0.487 e. The van der Waals surface area contributed by atoms with Gasteiger partial charge in [-0.3, -0.25) is 4.79 Å². The third-order valence-electron chi connectivity index (χ3n) is 4.45. The van der Waals surface area contributed by atoms with E-state index in [2.05, 4.69) is 25.3 Å². The molecule has 1 aliphatic rings. The number of aromatic nitrogens is 4. The Morgan fingerprint density at radius 3 is 2.69 bits per heavy atom. The Hall–Kier alpha value is -3.00. The highest BCUT2D eigenvalue weighted by Crippen LogP contribution is 2.37. The van der Waals surface area contributed by atoms with Crippen molar-refractivity contribution < 1.29 is 9.53 Å². The third-order valence-corrected chi connectivity index (χ3v) is 5.33. The molecule has 0 fully saturated rings. The number of benzene rings is 1. The molecule has 2 aromatic heterocycles. The van der Waals surface area contributed by atoms with Crippen LogP contribution in [0.15, 0.2) is 47.9 Å². The van der Waals surface area contributed by atoms with E-state index in [-0.39, 0.29) is 17.8 Å². The van der Waals surface area contributed by atoms with Crippen LogP contribution in [0.1, 0.15) is 17.0 Å². The summed E-state index contributed by atoms with van der Waals surface area (Å²) in [7, 11) is 0. The number of carbonyl (C=O) groups excluding carboxylic acids is 1. The zero-order valence-electron chi connectivity index (χ0n) is 16.3. The number of hydrogen-bond acceptors (Lipinski definition) is 7. The molecule has 0 unspecified atom stereocenters. The van der Waals surface area contributed by atoms with E-state index in [9.17, 15) is 4.79 Å². The molecule has 29 heavy (non-hydrogen) atoms. The van der Waals surface area contributed by atoms with Crippen LogP contribution in [0.4, 0.5) is 0 Å². The molecular formula is C21H21N5O2S. The first kappa shape index (κ1) is 19.3. The maximum absolute atomic E-state index is 12.1. The summed E-state index contributed by atoms with van der Waals surface area (Å²) in [5.41, 5.74) is 3.84. The number of para-hydroxylation sites is 1. The van der Waals surface area contributed by atoms with Crippen LogP contribution < -0.4 is 10.1 Å². The van der Waals surface area contributed by atoms with Gasteiger partial charge in [0.1, 0.15) is 11.9 Å². The van der Waals surface area contributed by atoms with Crippen LogP contribution >= 0.6 is 11.8 Å². The molecule has 0 saturated heterocycles. The second kappa shape index (κ2) is 8.57. The van der Waals surface area contributed by atoms with Crippen LogP contribution in [0.25, 0.3) is 11.4 Å². The van der Waals surface area contributed by atoms with Gasteiger partial charge in [-0.1, -0.05) is 23.9 Å². The molecule has 148 valence electrons. The lowest BCUT2D eigenvalue weighted by Gasteiger charge is -2.13. The molecule has 3 heterocycles. The van der Waals surface area contributed by atoms with E-state index >= 15 is 0 Å². The van der Waals surface area contributed by atoms with Crippen molar-refractivity contribution in [2.45, 2.75) is 31.5 Å². The fourth-order valence-corrected chi connectivity index (χ4v) is 3.88. The molecular weight excluding hydrogens is 386 g/mol. The highest BCUT2D eigenvalue weighted by molar-refractivity contribution is 7.99. The number of nitrogens with one attached hydrogen (secondary N) is 1. The van der Waals surface area contributed by atoms with Gasteiger partial charge < -0.3 is 10.1 Å². The Morgan fingerprint density at radius 1 is 1.17 bits per heavy atom. The molecule has 1 atom stereocenters. The van der Waals surface area contributed by atoms with Crippen LogP contribution in [-0.4, -0.2) is 44.2 Å². The number of ether oxygens (including phenoxy) is 1. The van der Waals surface area contributed by atoms with Crippen molar-refractivity contribution in [2.75, 3.05) is 12.3 Å². The fourth-order valence-electron chi connectivity index (χ4n) is 3.24. The van der Waals surface area contributed by atoms with Gasteiger partial charge in [-0.15, -0.1) is 0 Å². The lowest BCUT2D eigenvalue weighted by molar-refractivity contribution is -0.118. The van der Waals surface area contributed by atoms with Crippen molar-refractivity contribution in [3.63, 3.8) is 0 Å². The van der Waals surface area contributed by atoms with Crippen LogP contribution in [0.3, 0.4) is 0 Å². The Balaban J connectivity index is 1.37. The van der Waals surface area contributed by atoms with E-state index in [1.807, 2.05) is 38.1 Å². The SMILES string of the molecule is Cc1cc(C)nc(-c2cccc3c2O[C@@H](CNC(=O)CSc2ncccn2)C3)n1. The molecule has 8 heteroatoms. The topological polar surface area (TPSA) is 89.9 Å². The van der Waals surface area contributed by atoms with Crippen molar-refractivity contribution >= 4 is 17.7 Å². The van der Waals surface area contributed by atoms with Crippen molar-refractivity contribution in [2.24, 2.45) is 0 Å².